The van der Waals surface area contributed by atoms with Crippen LogP contribution in [0.25, 0.3) is 0 Å². The predicted octanol–water partition coefficient (Wildman–Crippen LogP) is 1.46. The van der Waals surface area contributed by atoms with E-state index in [1.807, 2.05) is 13.8 Å². The lowest BCUT2D eigenvalue weighted by atomic mass is 10.1. The number of anilines is 1. The summed E-state index contributed by atoms with van der Waals surface area (Å²) in [5.74, 6) is 0.679. The number of hydrogen-bond donors (Lipinski definition) is 1. The van der Waals surface area contributed by atoms with E-state index in [1.54, 1.807) is 18.5 Å². The molecule has 1 aromatic heterocycles. The normalized spacial score (nSPS) is 10.1. The average molecular weight is 179 g/mol. The zero-order valence-corrected chi connectivity index (χ0v) is 7.82. The van der Waals surface area contributed by atoms with Gasteiger partial charge in [-0.2, -0.15) is 0 Å². The highest BCUT2D eigenvalue weighted by Crippen LogP contribution is 2.02. The summed E-state index contributed by atoms with van der Waals surface area (Å²) in [6, 6.07) is 1.71. The maximum Gasteiger partial charge on any atom is 0.229 e. The van der Waals surface area contributed by atoms with Gasteiger partial charge in [-0.1, -0.05) is 13.8 Å². The standard InChI is InChI=1S/C9H13N3O/c1-7(2)6-8(13)12-9-10-4-3-5-11-9/h3-5,7H,6H2,1-2H3,(H,10,11,12,13). The second kappa shape index (κ2) is 4.54. The van der Waals surface area contributed by atoms with E-state index in [0.717, 1.165) is 0 Å². The molecule has 0 bridgehead atoms. The fourth-order valence-electron chi connectivity index (χ4n) is 0.910. The molecule has 13 heavy (non-hydrogen) atoms. The maximum absolute atomic E-state index is 11.2. The van der Waals surface area contributed by atoms with Crippen LogP contribution < -0.4 is 5.32 Å². The molecular formula is C9H13N3O. The van der Waals surface area contributed by atoms with Gasteiger partial charge in [-0.15, -0.1) is 0 Å². The highest BCUT2D eigenvalue weighted by Gasteiger charge is 2.05. The molecule has 0 aliphatic rings. The lowest BCUT2D eigenvalue weighted by molar-refractivity contribution is -0.116. The molecule has 4 nitrogen and oxygen atoms in total. The van der Waals surface area contributed by atoms with Crippen molar-refractivity contribution in [1.82, 2.24) is 9.97 Å². The average Bonchev–Trinajstić information content (AvgIpc) is 2.04. The van der Waals surface area contributed by atoms with Gasteiger partial charge < -0.3 is 0 Å². The number of aromatic nitrogens is 2. The molecule has 0 saturated heterocycles. The van der Waals surface area contributed by atoms with Crippen LogP contribution >= 0.6 is 0 Å². The third-order valence-corrected chi connectivity index (χ3v) is 1.41. The second-order valence-corrected chi connectivity index (χ2v) is 3.22. The summed E-state index contributed by atoms with van der Waals surface area (Å²) in [5, 5.41) is 2.61. The van der Waals surface area contributed by atoms with Crippen molar-refractivity contribution in [2.75, 3.05) is 5.32 Å². The van der Waals surface area contributed by atoms with Gasteiger partial charge in [-0.25, -0.2) is 9.97 Å². The Labute approximate surface area is 77.4 Å². The molecule has 0 fully saturated rings. The molecular weight excluding hydrogens is 166 g/mol. The van der Waals surface area contributed by atoms with Crippen molar-refractivity contribution in [2.24, 2.45) is 5.92 Å². The summed E-state index contributed by atoms with van der Waals surface area (Å²) < 4.78 is 0. The van der Waals surface area contributed by atoms with Crippen LogP contribution in [-0.2, 0) is 4.79 Å². The molecule has 70 valence electrons. The molecule has 0 aliphatic heterocycles. The summed E-state index contributed by atoms with van der Waals surface area (Å²) in [6.45, 7) is 3.98. The van der Waals surface area contributed by atoms with Crippen LogP contribution in [0.3, 0.4) is 0 Å². The fraction of sp³-hybridized carbons (Fsp3) is 0.444. The summed E-state index contributed by atoms with van der Waals surface area (Å²) in [4.78, 5) is 19.0. The number of carbonyl (C=O) groups excluding carboxylic acids is 1. The van der Waals surface area contributed by atoms with Crippen LogP contribution in [0.5, 0.6) is 0 Å². The van der Waals surface area contributed by atoms with E-state index in [0.29, 0.717) is 18.3 Å². The summed E-state index contributed by atoms with van der Waals surface area (Å²) >= 11 is 0. The van der Waals surface area contributed by atoms with Crippen molar-refractivity contribution >= 4 is 11.9 Å². The molecule has 0 aromatic carbocycles. The number of amides is 1. The van der Waals surface area contributed by atoms with Gasteiger partial charge in [-0.05, 0) is 12.0 Å². The first-order chi connectivity index (χ1) is 6.18. The highest BCUT2D eigenvalue weighted by molar-refractivity contribution is 5.88. The molecule has 1 N–H and O–H groups in total. The van der Waals surface area contributed by atoms with Crippen LogP contribution in [0.1, 0.15) is 20.3 Å². The highest BCUT2D eigenvalue weighted by atomic mass is 16.1. The summed E-state index contributed by atoms with van der Waals surface area (Å²) in [6.07, 6.45) is 3.69. The van der Waals surface area contributed by atoms with Gasteiger partial charge >= 0.3 is 0 Å². The number of rotatable bonds is 3. The first-order valence-electron chi connectivity index (χ1n) is 4.25. The van der Waals surface area contributed by atoms with E-state index in [-0.39, 0.29) is 5.91 Å². The zero-order chi connectivity index (χ0) is 9.68. The Morgan fingerprint density at radius 3 is 2.62 bits per heavy atom. The predicted molar refractivity (Wildman–Crippen MR) is 50.1 cm³/mol. The summed E-state index contributed by atoms with van der Waals surface area (Å²) in [5.41, 5.74) is 0. The Morgan fingerprint density at radius 1 is 1.46 bits per heavy atom. The van der Waals surface area contributed by atoms with Crippen molar-refractivity contribution < 1.29 is 4.79 Å². The van der Waals surface area contributed by atoms with Crippen molar-refractivity contribution in [3.05, 3.63) is 18.5 Å². The van der Waals surface area contributed by atoms with Crippen LogP contribution in [0.4, 0.5) is 5.95 Å². The van der Waals surface area contributed by atoms with Gasteiger partial charge in [0.25, 0.3) is 0 Å². The minimum Gasteiger partial charge on any atom is -0.295 e. The molecule has 1 rings (SSSR count). The fourth-order valence-corrected chi connectivity index (χ4v) is 0.910. The Kier molecular flexibility index (Phi) is 3.37. The number of hydrogen-bond acceptors (Lipinski definition) is 3. The van der Waals surface area contributed by atoms with E-state index in [9.17, 15) is 4.79 Å². The van der Waals surface area contributed by atoms with Crippen molar-refractivity contribution in [2.45, 2.75) is 20.3 Å². The lowest BCUT2D eigenvalue weighted by Gasteiger charge is -2.04. The Morgan fingerprint density at radius 2 is 2.08 bits per heavy atom. The van der Waals surface area contributed by atoms with Crippen molar-refractivity contribution in [3.8, 4) is 0 Å². The van der Waals surface area contributed by atoms with E-state index in [2.05, 4.69) is 15.3 Å². The van der Waals surface area contributed by atoms with Gasteiger partial charge in [0.05, 0.1) is 0 Å². The molecule has 4 heteroatoms. The molecule has 0 atom stereocenters. The molecule has 1 aromatic rings. The SMILES string of the molecule is CC(C)CC(=O)Nc1ncccn1. The molecule has 0 saturated carbocycles. The monoisotopic (exact) mass is 179 g/mol. The minimum absolute atomic E-state index is 0.0406. The van der Waals surface area contributed by atoms with E-state index >= 15 is 0 Å². The Balaban J connectivity index is 2.46. The minimum atomic E-state index is -0.0406. The maximum atomic E-state index is 11.2. The topological polar surface area (TPSA) is 54.9 Å². The zero-order valence-electron chi connectivity index (χ0n) is 7.82. The van der Waals surface area contributed by atoms with Crippen LogP contribution in [0.2, 0.25) is 0 Å². The van der Waals surface area contributed by atoms with Crippen molar-refractivity contribution in [3.63, 3.8) is 0 Å². The second-order valence-electron chi connectivity index (χ2n) is 3.22. The molecule has 0 unspecified atom stereocenters. The first-order valence-corrected chi connectivity index (χ1v) is 4.25. The molecule has 1 amide bonds. The molecule has 1 heterocycles. The molecule has 0 radical (unpaired) electrons. The largest absolute Gasteiger partial charge is 0.295 e. The van der Waals surface area contributed by atoms with Gasteiger partial charge in [0.1, 0.15) is 0 Å². The van der Waals surface area contributed by atoms with Crippen LogP contribution in [0.15, 0.2) is 18.5 Å². The van der Waals surface area contributed by atoms with Gasteiger partial charge in [-0.3, -0.25) is 10.1 Å². The van der Waals surface area contributed by atoms with E-state index in [4.69, 9.17) is 0 Å². The number of nitrogens with zero attached hydrogens (tertiary/aromatic N) is 2. The van der Waals surface area contributed by atoms with E-state index < -0.39 is 0 Å². The third kappa shape index (κ3) is 3.64. The lowest BCUT2D eigenvalue weighted by Crippen LogP contribution is -2.15. The summed E-state index contributed by atoms with van der Waals surface area (Å²) in [7, 11) is 0. The number of carbonyl (C=O) groups is 1. The number of nitrogens with one attached hydrogen (secondary N) is 1. The van der Waals surface area contributed by atoms with Crippen LogP contribution in [-0.4, -0.2) is 15.9 Å². The molecule has 0 spiro atoms. The quantitative estimate of drug-likeness (QED) is 0.764. The Hall–Kier alpha value is -1.45. The van der Waals surface area contributed by atoms with Crippen LogP contribution in [0, 0.1) is 5.92 Å². The molecule has 0 aliphatic carbocycles. The van der Waals surface area contributed by atoms with E-state index in [1.165, 1.54) is 0 Å². The van der Waals surface area contributed by atoms with Gasteiger partial charge in [0.15, 0.2) is 0 Å². The third-order valence-electron chi connectivity index (χ3n) is 1.41. The van der Waals surface area contributed by atoms with Gasteiger partial charge in [0, 0.05) is 18.8 Å². The van der Waals surface area contributed by atoms with Crippen molar-refractivity contribution in [1.29, 1.82) is 0 Å². The van der Waals surface area contributed by atoms with Gasteiger partial charge in [0.2, 0.25) is 11.9 Å². The smallest absolute Gasteiger partial charge is 0.229 e. The first kappa shape index (κ1) is 9.64. The Bertz CT molecular complexity index is 271.